The van der Waals surface area contributed by atoms with Gasteiger partial charge in [0.05, 0.1) is 11.7 Å². The van der Waals surface area contributed by atoms with E-state index in [2.05, 4.69) is 13.8 Å². The summed E-state index contributed by atoms with van der Waals surface area (Å²) in [4.78, 5) is 12.2. The third kappa shape index (κ3) is 2.06. The maximum Gasteiger partial charge on any atom is 0.133 e. The molecule has 0 radical (unpaired) electrons. The number of ketones is 1. The highest BCUT2D eigenvalue weighted by atomic mass is 16.3. The molecule has 0 aromatic rings. The lowest BCUT2D eigenvalue weighted by Gasteiger charge is -2.63. The van der Waals surface area contributed by atoms with Crippen LogP contribution in [-0.4, -0.2) is 27.7 Å². The summed E-state index contributed by atoms with van der Waals surface area (Å²) in [6.45, 7) is 6.46. The fourth-order valence-corrected chi connectivity index (χ4v) is 7.90. The molecule has 0 bridgehead atoms. The number of hydrogen-bond donors (Lipinski definition) is 2. The summed E-state index contributed by atoms with van der Waals surface area (Å²) in [6.07, 6.45) is 8.47. The Kier molecular flexibility index (Phi) is 3.76. The second-order valence-electron chi connectivity index (χ2n) is 10.0. The highest BCUT2D eigenvalue weighted by Crippen LogP contribution is 2.68. The highest BCUT2D eigenvalue weighted by Gasteiger charge is 2.64. The summed E-state index contributed by atoms with van der Waals surface area (Å²) in [6, 6.07) is 0. The van der Waals surface area contributed by atoms with E-state index in [1.807, 2.05) is 0 Å². The van der Waals surface area contributed by atoms with E-state index in [1.165, 1.54) is 6.42 Å². The molecule has 4 rings (SSSR count). The van der Waals surface area contributed by atoms with Crippen LogP contribution >= 0.6 is 0 Å². The lowest BCUT2D eigenvalue weighted by atomic mass is 9.43. The molecular weight excluding hydrogens is 300 g/mol. The topological polar surface area (TPSA) is 57.5 Å². The number of carbonyl (C=O) groups excluding carboxylic acids is 1. The number of hydrogen-bond acceptors (Lipinski definition) is 3. The zero-order chi connectivity index (χ0) is 17.3. The van der Waals surface area contributed by atoms with Crippen molar-refractivity contribution in [1.82, 2.24) is 0 Å². The molecule has 3 nitrogen and oxygen atoms in total. The molecule has 0 spiro atoms. The zero-order valence-corrected chi connectivity index (χ0v) is 15.6. The fraction of sp³-hybridized carbons (Fsp3) is 0.952. The molecule has 8 atom stereocenters. The average Bonchev–Trinajstić information content (AvgIpc) is 2.86. The van der Waals surface area contributed by atoms with Gasteiger partial charge in [-0.2, -0.15) is 0 Å². The summed E-state index contributed by atoms with van der Waals surface area (Å²) in [7, 11) is 0. The molecule has 4 aliphatic carbocycles. The minimum absolute atomic E-state index is 0.0508. The van der Waals surface area contributed by atoms with E-state index in [1.54, 1.807) is 6.92 Å². The minimum atomic E-state index is -0.682. The average molecular weight is 335 g/mol. The van der Waals surface area contributed by atoms with Gasteiger partial charge in [0, 0.05) is 12.3 Å². The van der Waals surface area contributed by atoms with Gasteiger partial charge in [-0.3, -0.25) is 4.79 Å². The minimum Gasteiger partial charge on any atom is -0.393 e. The molecule has 0 aliphatic heterocycles. The Labute approximate surface area is 146 Å². The molecule has 24 heavy (non-hydrogen) atoms. The number of aliphatic hydroxyl groups is 2. The molecule has 4 aliphatic rings. The highest BCUT2D eigenvalue weighted by molar-refractivity contribution is 5.79. The largest absolute Gasteiger partial charge is 0.393 e. The fourth-order valence-electron chi connectivity index (χ4n) is 7.90. The molecule has 0 unspecified atom stereocenters. The van der Waals surface area contributed by atoms with E-state index < -0.39 is 5.60 Å². The van der Waals surface area contributed by atoms with Crippen molar-refractivity contribution < 1.29 is 15.0 Å². The zero-order valence-electron chi connectivity index (χ0n) is 15.6. The van der Waals surface area contributed by atoms with Crippen molar-refractivity contribution in [1.29, 1.82) is 0 Å². The third-order valence-electron chi connectivity index (χ3n) is 9.27. The van der Waals surface area contributed by atoms with Crippen molar-refractivity contribution in [2.24, 2.45) is 34.5 Å². The SMILES string of the molecule is CC(=O)[C@H]1CC[C@H]2[C@@H]3CC[C@@]4(O)C[C@@H](O)CC[C@]4(C)[C@H]3CC[C@]12C. The number of rotatable bonds is 1. The molecule has 136 valence electrons. The molecule has 4 saturated carbocycles. The predicted octanol–water partition coefficient (Wildman–Crippen LogP) is 3.71. The summed E-state index contributed by atoms with van der Waals surface area (Å²) in [5.41, 5.74) is -0.546. The van der Waals surface area contributed by atoms with Gasteiger partial charge in [0.2, 0.25) is 0 Å². The molecule has 0 amide bonds. The molecule has 0 heterocycles. The molecule has 0 aromatic carbocycles. The third-order valence-corrected chi connectivity index (χ3v) is 9.27. The van der Waals surface area contributed by atoms with E-state index in [-0.39, 0.29) is 22.9 Å². The molecule has 0 aromatic heterocycles. The Bertz CT molecular complexity index is 545. The quantitative estimate of drug-likeness (QED) is 0.768. The first-order valence-electron chi connectivity index (χ1n) is 10.1. The first-order valence-corrected chi connectivity index (χ1v) is 10.1. The number of aliphatic hydroxyl groups excluding tert-OH is 1. The van der Waals surface area contributed by atoms with Crippen LogP contribution in [0.15, 0.2) is 0 Å². The number of Topliss-reactive ketones (excluding diaryl/α,β-unsaturated/α-hetero) is 1. The van der Waals surface area contributed by atoms with Crippen LogP contribution in [0.3, 0.4) is 0 Å². The maximum absolute atomic E-state index is 12.2. The Balaban J connectivity index is 1.65. The lowest BCUT2D eigenvalue weighted by Crippen LogP contribution is -2.62. The van der Waals surface area contributed by atoms with Crippen molar-refractivity contribution in [3.8, 4) is 0 Å². The van der Waals surface area contributed by atoms with Crippen LogP contribution in [0.5, 0.6) is 0 Å². The van der Waals surface area contributed by atoms with Crippen LogP contribution in [0.2, 0.25) is 0 Å². The molecule has 2 N–H and O–H groups in total. The molecule has 4 fully saturated rings. The molecular formula is C21H34O3. The van der Waals surface area contributed by atoms with Crippen molar-refractivity contribution >= 4 is 5.78 Å². The second kappa shape index (κ2) is 5.30. The molecule has 3 heteroatoms. The van der Waals surface area contributed by atoms with Gasteiger partial charge in [0.25, 0.3) is 0 Å². The Morgan fingerprint density at radius 1 is 0.958 bits per heavy atom. The van der Waals surface area contributed by atoms with Gasteiger partial charge < -0.3 is 10.2 Å². The first kappa shape index (κ1) is 17.0. The van der Waals surface area contributed by atoms with Crippen molar-refractivity contribution in [2.45, 2.75) is 90.3 Å². The van der Waals surface area contributed by atoms with Gasteiger partial charge in [-0.15, -0.1) is 0 Å². The summed E-state index contributed by atoms with van der Waals surface area (Å²) in [5, 5.41) is 21.5. The van der Waals surface area contributed by atoms with Gasteiger partial charge in [-0.25, -0.2) is 0 Å². The van der Waals surface area contributed by atoms with Crippen LogP contribution in [0, 0.1) is 34.5 Å². The van der Waals surface area contributed by atoms with Crippen LogP contribution in [-0.2, 0) is 4.79 Å². The predicted molar refractivity (Wildman–Crippen MR) is 93.4 cm³/mol. The standard InChI is InChI=1S/C21H34O3/c1-13(22)16-4-5-17-15-7-11-21(24)12-14(23)6-10-20(21,3)18(15)8-9-19(16,17)2/h14-18,23-24H,4-12H2,1-3H3/t14-,15-,16+,17-,18-,19+,20+,21+/m0/s1. The van der Waals surface area contributed by atoms with Gasteiger partial charge in [-0.05, 0) is 86.9 Å². The van der Waals surface area contributed by atoms with Gasteiger partial charge >= 0.3 is 0 Å². The normalized spacial score (nSPS) is 57.0. The van der Waals surface area contributed by atoms with Gasteiger partial charge in [-0.1, -0.05) is 13.8 Å². The van der Waals surface area contributed by atoms with Crippen molar-refractivity contribution in [2.75, 3.05) is 0 Å². The lowest BCUT2D eigenvalue weighted by molar-refractivity contribution is -0.219. The van der Waals surface area contributed by atoms with Gasteiger partial charge in [0.15, 0.2) is 0 Å². The van der Waals surface area contributed by atoms with Crippen LogP contribution < -0.4 is 0 Å². The summed E-state index contributed by atoms with van der Waals surface area (Å²) < 4.78 is 0. The van der Waals surface area contributed by atoms with Crippen LogP contribution in [0.4, 0.5) is 0 Å². The Morgan fingerprint density at radius 2 is 1.71 bits per heavy atom. The van der Waals surface area contributed by atoms with Crippen molar-refractivity contribution in [3.05, 3.63) is 0 Å². The second-order valence-corrected chi connectivity index (χ2v) is 10.0. The van der Waals surface area contributed by atoms with Crippen LogP contribution in [0.25, 0.3) is 0 Å². The van der Waals surface area contributed by atoms with E-state index in [4.69, 9.17) is 0 Å². The maximum atomic E-state index is 12.2. The van der Waals surface area contributed by atoms with E-state index >= 15 is 0 Å². The Morgan fingerprint density at radius 3 is 2.42 bits per heavy atom. The monoisotopic (exact) mass is 334 g/mol. The smallest absolute Gasteiger partial charge is 0.133 e. The number of fused-ring (bicyclic) bond motifs is 5. The van der Waals surface area contributed by atoms with Crippen LogP contribution in [0.1, 0.15) is 78.6 Å². The van der Waals surface area contributed by atoms with E-state index in [0.717, 1.165) is 44.9 Å². The summed E-state index contributed by atoms with van der Waals surface area (Å²) >= 11 is 0. The van der Waals surface area contributed by atoms with E-state index in [9.17, 15) is 15.0 Å². The van der Waals surface area contributed by atoms with E-state index in [0.29, 0.717) is 30.0 Å². The van der Waals surface area contributed by atoms with Gasteiger partial charge in [0.1, 0.15) is 5.78 Å². The molecule has 0 saturated heterocycles. The Hall–Kier alpha value is -0.410. The number of carbonyl (C=O) groups is 1. The van der Waals surface area contributed by atoms with Crippen molar-refractivity contribution in [3.63, 3.8) is 0 Å². The summed E-state index contributed by atoms with van der Waals surface area (Å²) in [5.74, 6) is 2.52. The first-order chi connectivity index (χ1) is 11.2.